The summed E-state index contributed by atoms with van der Waals surface area (Å²) in [6.45, 7) is 1.61. The third-order valence-corrected chi connectivity index (χ3v) is 5.29. The molecule has 0 aliphatic rings. The van der Waals surface area contributed by atoms with Gasteiger partial charge >= 0.3 is 0 Å². The zero-order chi connectivity index (χ0) is 22.2. The molecular formula is C28H25FN2O. The van der Waals surface area contributed by atoms with Crippen molar-refractivity contribution in [1.82, 2.24) is 9.47 Å². The predicted octanol–water partition coefficient (Wildman–Crippen LogP) is 5.92. The molecule has 0 bridgehead atoms. The lowest BCUT2D eigenvalue weighted by molar-refractivity contribution is -0.127. The minimum absolute atomic E-state index is 0.0489. The van der Waals surface area contributed by atoms with Crippen molar-refractivity contribution < 1.29 is 9.18 Å². The van der Waals surface area contributed by atoms with Crippen LogP contribution in [-0.4, -0.2) is 15.4 Å². The van der Waals surface area contributed by atoms with E-state index in [0.717, 1.165) is 22.4 Å². The largest absolute Gasteiger partial charge is 0.345 e. The van der Waals surface area contributed by atoms with E-state index in [-0.39, 0.29) is 11.7 Å². The van der Waals surface area contributed by atoms with Crippen LogP contribution in [0.1, 0.15) is 22.4 Å². The van der Waals surface area contributed by atoms with Gasteiger partial charge in [0.05, 0.1) is 6.54 Å². The van der Waals surface area contributed by atoms with Gasteiger partial charge in [-0.2, -0.15) is 0 Å². The average Bonchev–Trinajstić information content (AvgIpc) is 3.26. The standard InChI is InChI=1S/C28H25FN2O/c29-26-16-13-25(14-17-26)20-30-19-7-12-27(30)22-31(21-24-10-5-2-6-11-24)28(32)18-15-23-8-3-1-4-9-23/h1-19H,20-22H2. The summed E-state index contributed by atoms with van der Waals surface area (Å²) < 4.78 is 15.3. The van der Waals surface area contributed by atoms with Crippen molar-refractivity contribution in [2.24, 2.45) is 0 Å². The Bertz CT molecular complexity index is 1170. The summed E-state index contributed by atoms with van der Waals surface area (Å²) in [6.07, 6.45) is 5.47. The molecule has 0 aliphatic carbocycles. The summed E-state index contributed by atoms with van der Waals surface area (Å²) in [5.41, 5.74) is 4.09. The van der Waals surface area contributed by atoms with Gasteiger partial charge in [-0.1, -0.05) is 72.8 Å². The van der Waals surface area contributed by atoms with Gasteiger partial charge in [0.15, 0.2) is 0 Å². The van der Waals surface area contributed by atoms with Crippen LogP contribution in [0.25, 0.3) is 6.08 Å². The number of halogens is 1. The van der Waals surface area contributed by atoms with E-state index in [1.165, 1.54) is 12.1 Å². The van der Waals surface area contributed by atoms with E-state index in [1.54, 1.807) is 18.2 Å². The molecule has 0 atom stereocenters. The first-order valence-electron chi connectivity index (χ1n) is 10.6. The molecule has 3 aromatic carbocycles. The third-order valence-electron chi connectivity index (χ3n) is 5.29. The van der Waals surface area contributed by atoms with Crippen LogP contribution in [0.4, 0.5) is 4.39 Å². The molecule has 1 amide bonds. The molecule has 0 N–H and O–H groups in total. The molecule has 0 unspecified atom stereocenters. The molecule has 0 saturated carbocycles. The number of carbonyl (C=O) groups is 1. The quantitative estimate of drug-likeness (QED) is 0.323. The first kappa shape index (κ1) is 21.3. The summed E-state index contributed by atoms with van der Waals surface area (Å²) in [5.74, 6) is -0.293. The van der Waals surface area contributed by atoms with Gasteiger partial charge in [0.25, 0.3) is 0 Å². The number of benzene rings is 3. The number of hydrogen-bond acceptors (Lipinski definition) is 1. The van der Waals surface area contributed by atoms with Crippen molar-refractivity contribution in [3.8, 4) is 0 Å². The van der Waals surface area contributed by atoms with Gasteiger partial charge in [0.2, 0.25) is 5.91 Å². The number of aromatic nitrogens is 1. The topological polar surface area (TPSA) is 25.2 Å². The van der Waals surface area contributed by atoms with Gasteiger partial charge in [0.1, 0.15) is 5.82 Å². The Morgan fingerprint density at radius 1 is 0.781 bits per heavy atom. The highest BCUT2D eigenvalue weighted by Crippen LogP contribution is 2.15. The lowest BCUT2D eigenvalue weighted by atomic mass is 10.2. The predicted molar refractivity (Wildman–Crippen MR) is 126 cm³/mol. The molecule has 3 nitrogen and oxygen atoms in total. The first-order valence-corrected chi connectivity index (χ1v) is 10.6. The van der Waals surface area contributed by atoms with Crippen LogP contribution in [0, 0.1) is 5.82 Å². The fraction of sp³-hybridized carbons (Fsp3) is 0.107. The van der Waals surface area contributed by atoms with Crippen LogP contribution in [-0.2, 0) is 24.4 Å². The van der Waals surface area contributed by atoms with E-state index < -0.39 is 0 Å². The molecular weight excluding hydrogens is 399 g/mol. The van der Waals surface area contributed by atoms with Crippen molar-refractivity contribution in [2.45, 2.75) is 19.6 Å². The van der Waals surface area contributed by atoms with Crippen LogP contribution in [0.2, 0.25) is 0 Å². The summed E-state index contributed by atoms with van der Waals surface area (Å²) in [5, 5.41) is 0. The van der Waals surface area contributed by atoms with Gasteiger partial charge in [-0.3, -0.25) is 4.79 Å². The molecule has 0 spiro atoms. The Hall–Kier alpha value is -3.92. The number of hydrogen-bond donors (Lipinski definition) is 0. The van der Waals surface area contributed by atoms with Gasteiger partial charge in [0, 0.05) is 31.1 Å². The minimum Gasteiger partial charge on any atom is -0.345 e. The van der Waals surface area contributed by atoms with Crippen LogP contribution in [0.15, 0.2) is 109 Å². The van der Waals surface area contributed by atoms with Crippen molar-refractivity contribution >= 4 is 12.0 Å². The van der Waals surface area contributed by atoms with Gasteiger partial charge in [-0.05, 0) is 47.0 Å². The molecule has 0 radical (unpaired) electrons. The summed E-state index contributed by atoms with van der Waals surface area (Å²) in [4.78, 5) is 15.0. The molecule has 32 heavy (non-hydrogen) atoms. The fourth-order valence-electron chi connectivity index (χ4n) is 3.58. The van der Waals surface area contributed by atoms with Crippen LogP contribution < -0.4 is 0 Å². The van der Waals surface area contributed by atoms with E-state index in [1.807, 2.05) is 90.0 Å². The highest BCUT2D eigenvalue weighted by molar-refractivity contribution is 5.91. The maximum atomic E-state index is 13.3. The summed E-state index contributed by atoms with van der Waals surface area (Å²) in [7, 11) is 0. The molecule has 0 saturated heterocycles. The van der Waals surface area contributed by atoms with E-state index >= 15 is 0 Å². The zero-order valence-corrected chi connectivity index (χ0v) is 17.8. The highest BCUT2D eigenvalue weighted by Gasteiger charge is 2.14. The lowest BCUT2D eigenvalue weighted by Crippen LogP contribution is -2.29. The number of carbonyl (C=O) groups excluding carboxylic acids is 1. The second-order valence-electron chi connectivity index (χ2n) is 7.68. The van der Waals surface area contributed by atoms with E-state index in [0.29, 0.717) is 19.6 Å². The molecule has 0 aliphatic heterocycles. The van der Waals surface area contributed by atoms with Gasteiger partial charge < -0.3 is 9.47 Å². The monoisotopic (exact) mass is 424 g/mol. The van der Waals surface area contributed by atoms with E-state index in [9.17, 15) is 9.18 Å². The SMILES string of the molecule is O=C(C=Cc1ccccc1)N(Cc1ccccc1)Cc1cccn1Cc1ccc(F)cc1. The average molecular weight is 425 g/mol. The fourth-order valence-corrected chi connectivity index (χ4v) is 3.58. The van der Waals surface area contributed by atoms with Crippen LogP contribution in [0.5, 0.6) is 0 Å². The number of rotatable bonds is 8. The Morgan fingerprint density at radius 3 is 2.19 bits per heavy atom. The molecule has 4 heteroatoms. The minimum atomic E-state index is -0.244. The highest BCUT2D eigenvalue weighted by atomic mass is 19.1. The van der Waals surface area contributed by atoms with Crippen LogP contribution in [0.3, 0.4) is 0 Å². The van der Waals surface area contributed by atoms with Gasteiger partial charge in [-0.15, -0.1) is 0 Å². The maximum absolute atomic E-state index is 13.3. The van der Waals surface area contributed by atoms with Crippen molar-refractivity contribution in [1.29, 1.82) is 0 Å². The molecule has 0 fully saturated rings. The Kier molecular flexibility index (Phi) is 6.93. The Morgan fingerprint density at radius 2 is 1.47 bits per heavy atom. The Labute approximate surface area is 188 Å². The second kappa shape index (κ2) is 10.4. The lowest BCUT2D eigenvalue weighted by Gasteiger charge is -2.23. The second-order valence-corrected chi connectivity index (χ2v) is 7.68. The van der Waals surface area contributed by atoms with Crippen molar-refractivity contribution in [3.05, 3.63) is 138 Å². The Balaban J connectivity index is 1.54. The molecule has 1 heterocycles. The van der Waals surface area contributed by atoms with E-state index in [4.69, 9.17) is 0 Å². The number of amides is 1. The smallest absolute Gasteiger partial charge is 0.247 e. The molecule has 1 aromatic heterocycles. The van der Waals surface area contributed by atoms with Crippen molar-refractivity contribution in [2.75, 3.05) is 0 Å². The molecule has 4 aromatic rings. The first-order chi connectivity index (χ1) is 15.7. The number of nitrogens with zero attached hydrogens (tertiary/aromatic N) is 2. The van der Waals surface area contributed by atoms with Crippen molar-refractivity contribution in [3.63, 3.8) is 0 Å². The molecule has 4 rings (SSSR count). The van der Waals surface area contributed by atoms with Gasteiger partial charge in [-0.25, -0.2) is 4.39 Å². The third kappa shape index (κ3) is 5.82. The normalized spacial score (nSPS) is 11.0. The van der Waals surface area contributed by atoms with E-state index in [2.05, 4.69) is 4.57 Å². The zero-order valence-electron chi connectivity index (χ0n) is 17.8. The summed E-state index contributed by atoms with van der Waals surface area (Å²) in [6, 6.07) is 30.3. The summed E-state index contributed by atoms with van der Waals surface area (Å²) >= 11 is 0. The van der Waals surface area contributed by atoms with Crippen LogP contribution >= 0.6 is 0 Å². The molecule has 160 valence electrons. The maximum Gasteiger partial charge on any atom is 0.247 e.